The molecule has 9 heteroatoms. The summed E-state index contributed by atoms with van der Waals surface area (Å²) in [6.45, 7) is 0.0703. The molecule has 0 spiro atoms. The van der Waals surface area contributed by atoms with Gasteiger partial charge in [0, 0.05) is 24.8 Å². The van der Waals surface area contributed by atoms with E-state index in [1.807, 2.05) is 19.2 Å². The summed E-state index contributed by atoms with van der Waals surface area (Å²) in [6, 6.07) is 7.26. The highest BCUT2D eigenvalue weighted by Gasteiger charge is 2.34. The summed E-state index contributed by atoms with van der Waals surface area (Å²) in [6.07, 6.45) is 1.61. The normalized spacial score (nSPS) is 14.1. The highest BCUT2D eigenvalue weighted by atomic mass is 16.5. The number of β-amino-alcohol motifs (C(OH)–C–C–N with tert-alkyl or cyclic N) is 1. The second-order valence-electron chi connectivity index (χ2n) is 5.76. The molecule has 1 aromatic carbocycles. The molecule has 0 atom stereocenters. The second-order valence-corrected chi connectivity index (χ2v) is 5.76. The molecule has 2 heterocycles. The molecule has 3 rings (SSSR count). The molecule has 0 saturated carbocycles. The first kappa shape index (κ1) is 17.6. The van der Waals surface area contributed by atoms with Crippen molar-refractivity contribution >= 4 is 17.6 Å². The quantitative estimate of drug-likeness (QED) is 0.709. The number of nitrogens with zero attached hydrogens (tertiary/aromatic N) is 4. The van der Waals surface area contributed by atoms with Crippen LogP contribution in [0.25, 0.3) is 11.4 Å². The Hall–Kier alpha value is -3.20. The maximum atomic E-state index is 12.5. The van der Waals surface area contributed by atoms with Crippen molar-refractivity contribution in [3.63, 3.8) is 0 Å². The first-order valence-electron chi connectivity index (χ1n) is 7.98. The molecule has 0 radical (unpaired) electrons. The van der Waals surface area contributed by atoms with Gasteiger partial charge in [0.25, 0.3) is 5.91 Å². The number of anilines is 1. The molecule has 1 aromatic heterocycles. The van der Waals surface area contributed by atoms with Crippen LogP contribution in [0.1, 0.15) is 0 Å². The number of benzene rings is 1. The zero-order chi connectivity index (χ0) is 18.7. The van der Waals surface area contributed by atoms with Crippen LogP contribution in [-0.2, 0) is 21.4 Å². The fraction of sp³-hybridized carbons (Fsp3) is 0.294. The third-order valence-electron chi connectivity index (χ3n) is 4.08. The molecule has 2 aromatic rings. The number of aliphatic hydroxyl groups is 1. The van der Waals surface area contributed by atoms with Crippen molar-refractivity contribution in [2.45, 2.75) is 0 Å². The van der Waals surface area contributed by atoms with Gasteiger partial charge in [-0.2, -0.15) is 0 Å². The number of rotatable bonds is 6. The van der Waals surface area contributed by atoms with Crippen LogP contribution in [0, 0.1) is 0 Å². The molecule has 9 nitrogen and oxygen atoms in total. The SMILES string of the molecule is COC(=O)C1=C(Nc2ccc(-c3nncn3C)cc2)C(=O)N(CCO)C1. The van der Waals surface area contributed by atoms with Crippen molar-refractivity contribution in [3.05, 3.63) is 41.9 Å². The van der Waals surface area contributed by atoms with Crippen LogP contribution in [-0.4, -0.2) is 63.5 Å². The monoisotopic (exact) mass is 357 g/mol. The maximum absolute atomic E-state index is 12.5. The van der Waals surface area contributed by atoms with Gasteiger partial charge in [-0.3, -0.25) is 4.79 Å². The first-order chi connectivity index (χ1) is 12.5. The van der Waals surface area contributed by atoms with E-state index in [1.165, 1.54) is 12.0 Å². The van der Waals surface area contributed by atoms with E-state index in [2.05, 4.69) is 15.5 Å². The number of amides is 1. The average Bonchev–Trinajstić information content (AvgIpc) is 3.20. The third kappa shape index (κ3) is 3.29. The standard InChI is InChI=1S/C17H19N5O4/c1-21-10-18-20-15(21)11-3-5-12(6-4-11)19-14-13(17(25)26-2)9-22(7-8-23)16(14)24/h3-6,10,19,23H,7-9H2,1-2H3. The molecule has 0 bridgehead atoms. The Labute approximate surface area is 149 Å². The van der Waals surface area contributed by atoms with Crippen LogP contribution < -0.4 is 5.32 Å². The Morgan fingerprint density at radius 3 is 2.65 bits per heavy atom. The highest BCUT2D eigenvalue weighted by Crippen LogP contribution is 2.24. The number of esters is 1. The van der Waals surface area contributed by atoms with Gasteiger partial charge in [0.2, 0.25) is 0 Å². The zero-order valence-electron chi connectivity index (χ0n) is 14.5. The summed E-state index contributed by atoms with van der Waals surface area (Å²) in [5.74, 6) is -0.203. The van der Waals surface area contributed by atoms with E-state index >= 15 is 0 Å². The smallest absolute Gasteiger partial charge is 0.337 e. The van der Waals surface area contributed by atoms with E-state index in [0.717, 1.165) is 11.4 Å². The summed E-state index contributed by atoms with van der Waals surface area (Å²) in [4.78, 5) is 25.9. The van der Waals surface area contributed by atoms with Crippen molar-refractivity contribution in [2.75, 3.05) is 32.1 Å². The fourth-order valence-corrected chi connectivity index (χ4v) is 2.74. The molecule has 0 unspecified atom stereocenters. The number of hydrogen-bond donors (Lipinski definition) is 2. The van der Waals surface area contributed by atoms with E-state index in [0.29, 0.717) is 5.69 Å². The van der Waals surface area contributed by atoms with Crippen molar-refractivity contribution in [1.82, 2.24) is 19.7 Å². The van der Waals surface area contributed by atoms with E-state index < -0.39 is 5.97 Å². The fourth-order valence-electron chi connectivity index (χ4n) is 2.74. The molecule has 2 N–H and O–H groups in total. The predicted octanol–water partition coefficient (Wildman–Crippen LogP) is 0.156. The summed E-state index contributed by atoms with van der Waals surface area (Å²) >= 11 is 0. The highest BCUT2D eigenvalue weighted by molar-refractivity contribution is 6.08. The van der Waals surface area contributed by atoms with E-state index in [4.69, 9.17) is 9.84 Å². The molecule has 0 aliphatic carbocycles. The molecule has 0 fully saturated rings. The minimum Gasteiger partial charge on any atom is -0.466 e. The van der Waals surface area contributed by atoms with Crippen molar-refractivity contribution in [1.29, 1.82) is 0 Å². The van der Waals surface area contributed by atoms with Crippen molar-refractivity contribution in [2.24, 2.45) is 7.05 Å². The molecule has 0 saturated heterocycles. The number of ether oxygens (including phenoxy) is 1. The minimum absolute atomic E-state index is 0.103. The van der Waals surface area contributed by atoms with Crippen LogP contribution in [0.15, 0.2) is 41.9 Å². The van der Waals surface area contributed by atoms with Gasteiger partial charge in [0.1, 0.15) is 12.0 Å². The van der Waals surface area contributed by atoms with Crippen LogP contribution in [0.4, 0.5) is 5.69 Å². The zero-order valence-corrected chi connectivity index (χ0v) is 14.5. The van der Waals surface area contributed by atoms with Crippen LogP contribution in [0.3, 0.4) is 0 Å². The predicted molar refractivity (Wildman–Crippen MR) is 92.8 cm³/mol. The van der Waals surface area contributed by atoms with Gasteiger partial charge in [0.15, 0.2) is 5.82 Å². The Bertz CT molecular complexity index is 856. The Morgan fingerprint density at radius 2 is 2.08 bits per heavy atom. The van der Waals surface area contributed by atoms with Crippen LogP contribution in [0.5, 0.6) is 0 Å². The number of hydrogen-bond acceptors (Lipinski definition) is 7. The molecular weight excluding hydrogens is 338 g/mol. The number of aliphatic hydroxyl groups excluding tert-OH is 1. The third-order valence-corrected chi connectivity index (χ3v) is 4.08. The van der Waals surface area contributed by atoms with Gasteiger partial charge < -0.3 is 24.6 Å². The first-order valence-corrected chi connectivity index (χ1v) is 7.98. The van der Waals surface area contributed by atoms with E-state index in [1.54, 1.807) is 23.0 Å². The lowest BCUT2D eigenvalue weighted by molar-refractivity contribution is -0.136. The van der Waals surface area contributed by atoms with Gasteiger partial charge >= 0.3 is 5.97 Å². The molecule has 1 amide bonds. The Balaban J connectivity index is 1.84. The topological polar surface area (TPSA) is 110 Å². The Morgan fingerprint density at radius 1 is 1.35 bits per heavy atom. The van der Waals surface area contributed by atoms with Crippen molar-refractivity contribution in [3.8, 4) is 11.4 Å². The van der Waals surface area contributed by atoms with Gasteiger partial charge in [0.05, 0.1) is 25.8 Å². The lowest BCUT2D eigenvalue weighted by atomic mass is 10.1. The summed E-state index contributed by atoms with van der Waals surface area (Å²) in [5, 5.41) is 20.0. The maximum Gasteiger partial charge on any atom is 0.337 e. The van der Waals surface area contributed by atoms with E-state index in [9.17, 15) is 9.59 Å². The molecule has 1 aliphatic rings. The molecule has 136 valence electrons. The molecule has 26 heavy (non-hydrogen) atoms. The van der Waals surface area contributed by atoms with Gasteiger partial charge in [-0.1, -0.05) is 0 Å². The largest absolute Gasteiger partial charge is 0.466 e. The number of aryl methyl sites for hydroxylation is 1. The lowest BCUT2D eigenvalue weighted by Crippen LogP contribution is -2.31. The lowest BCUT2D eigenvalue weighted by Gasteiger charge is -2.15. The second kappa shape index (κ2) is 7.36. The van der Waals surface area contributed by atoms with Crippen molar-refractivity contribution < 1.29 is 19.4 Å². The van der Waals surface area contributed by atoms with Gasteiger partial charge in [-0.25, -0.2) is 4.79 Å². The van der Waals surface area contributed by atoms with Crippen LogP contribution in [0.2, 0.25) is 0 Å². The minimum atomic E-state index is -0.572. The number of methoxy groups -OCH3 is 1. The number of carbonyl (C=O) groups excluding carboxylic acids is 2. The number of aromatic nitrogens is 3. The summed E-state index contributed by atoms with van der Waals surface area (Å²) in [5.41, 5.74) is 1.92. The number of nitrogens with one attached hydrogen (secondary N) is 1. The number of carbonyl (C=O) groups is 2. The van der Waals surface area contributed by atoms with Crippen LogP contribution >= 0.6 is 0 Å². The molecule has 1 aliphatic heterocycles. The summed E-state index contributed by atoms with van der Waals surface area (Å²) in [7, 11) is 3.11. The summed E-state index contributed by atoms with van der Waals surface area (Å²) < 4.78 is 6.56. The Kier molecular flexibility index (Phi) is 4.99. The molecular formula is C17H19N5O4. The average molecular weight is 357 g/mol. The van der Waals surface area contributed by atoms with E-state index in [-0.39, 0.29) is 36.9 Å². The van der Waals surface area contributed by atoms with Gasteiger partial charge in [-0.05, 0) is 24.3 Å². The van der Waals surface area contributed by atoms with Gasteiger partial charge in [-0.15, -0.1) is 10.2 Å².